The highest BCUT2D eigenvalue weighted by Crippen LogP contribution is 2.21. The molecule has 0 saturated heterocycles. The first-order valence-electron chi connectivity index (χ1n) is 14.5. The molecule has 3 rings (SSSR count). The van der Waals surface area contributed by atoms with Gasteiger partial charge in [0.25, 0.3) is 0 Å². The minimum atomic E-state index is 0.642. The van der Waals surface area contributed by atoms with E-state index in [1.54, 1.807) is 0 Å². The summed E-state index contributed by atoms with van der Waals surface area (Å²) in [6, 6.07) is 28.3. The third-order valence-corrected chi connectivity index (χ3v) is 5.98. The third-order valence-electron chi connectivity index (χ3n) is 5.98. The largest absolute Gasteiger partial charge is 0.0630 e. The van der Waals surface area contributed by atoms with Gasteiger partial charge in [-0.25, -0.2) is 0 Å². The van der Waals surface area contributed by atoms with Gasteiger partial charge in [0.05, 0.1) is 0 Å². The molecule has 0 heterocycles. The van der Waals surface area contributed by atoms with E-state index in [9.17, 15) is 0 Å². The van der Waals surface area contributed by atoms with Crippen molar-refractivity contribution in [1.29, 1.82) is 0 Å². The van der Waals surface area contributed by atoms with Crippen LogP contribution in [-0.4, -0.2) is 0 Å². The van der Waals surface area contributed by atoms with Crippen LogP contribution in [0, 0.1) is 5.92 Å². The highest BCUT2D eigenvalue weighted by atomic mass is 14.1. The fourth-order valence-corrected chi connectivity index (χ4v) is 3.38. The highest BCUT2D eigenvalue weighted by molar-refractivity contribution is 5.28. The standard InChI is InChI=1S/2C12H18.C9H12.C4H10/c1-9(2)11-5-7-12(8-6-11)10(3)4;1-9(2)11-6-5-7-12(8-11)10(3)4;1-8(2)9-6-4-3-5-7-9;1-4(2)3/h2*5-10H,1-4H3;3-8H,1-2H3;4H,1-3H3. The van der Waals surface area contributed by atoms with E-state index in [1.807, 2.05) is 6.07 Å². The lowest BCUT2D eigenvalue weighted by Gasteiger charge is -2.09. The molecule has 0 fully saturated rings. The van der Waals surface area contributed by atoms with Gasteiger partial charge in [0.15, 0.2) is 0 Å². The summed E-state index contributed by atoms with van der Waals surface area (Å²) < 4.78 is 0. The molecule has 0 aliphatic rings. The van der Waals surface area contributed by atoms with Gasteiger partial charge < -0.3 is 0 Å². The van der Waals surface area contributed by atoms with Gasteiger partial charge >= 0.3 is 0 Å². The molecule has 0 saturated carbocycles. The number of hydrogen-bond donors (Lipinski definition) is 0. The van der Waals surface area contributed by atoms with Crippen LogP contribution in [0.4, 0.5) is 0 Å². The normalized spacial score (nSPS) is 10.7. The lowest BCUT2D eigenvalue weighted by atomic mass is 9.96. The van der Waals surface area contributed by atoms with Crippen LogP contribution >= 0.6 is 0 Å². The minimum absolute atomic E-state index is 0.642. The molecular formula is C37H58. The van der Waals surface area contributed by atoms with E-state index < -0.39 is 0 Å². The van der Waals surface area contributed by atoms with E-state index in [2.05, 4.69) is 163 Å². The summed E-state index contributed by atoms with van der Waals surface area (Å²) >= 11 is 0. The van der Waals surface area contributed by atoms with Gasteiger partial charge in [0.1, 0.15) is 0 Å². The van der Waals surface area contributed by atoms with Crippen molar-refractivity contribution in [3.8, 4) is 0 Å². The quantitative estimate of drug-likeness (QED) is 0.325. The molecular weight excluding hydrogens is 444 g/mol. The number of benzene rings is 3. The number of hydrogen-bond acceptors (Lipinski definition) is 0. The molecule has 3 aromatic carbocycles. The first-order valence-corrected chi connectivity index (χ1v) is 14.5. The van der Waals surface area contributed by atoms with Gasteiger partial charge in [-0.2, -0.15) is 0 Å². The van der Waals surface area contributed by atoms with Crippen LogP contribution in [-0.2, 0) is 0 Å². The van der Waals surface area contributed by atoms with Crippen molar-refractivity contribution in [3.05, 3.63) is 107 Å². The zero-order valence-electron chi connectivity index (χ0n) is 26.5. The van der Waals surface area contributed by atoms with Crippen LogP contribution in [0.15, 0.2) is 78.9 Å². The Morgan fingerprint density at radius 1 is 0.297 bits per heavy atom. The molecule has 0 amide bonds. The Hall–Kier alpha value is -2.34. The summed E-state index contributed by atoms with van der Waals surface area (Å²) in [5.41, 5.74) is 7.17. The summed E-state index contributed by atoms with van der Waals surface area (Å²) in [5, 5.41) is 0. The van der Waals surface area contributed by atoms with E-state index in [1.165, 1.54) is 27.8 Å². The van der Waals surface area contributed by atoms with Crippen molar-refractivity contribution in [1.82, 2.24) is 0 Å². The van der Waals surface area contributed by atoms with E-state index in [0.717, 1.165) is 5.92 Å². The summed E-state index contributed by atoms with van der Waals surface area (Å²) in [6.45, 7) is 28.8. The van der Waals surface area contributed by atoms with Crippen LogP contribution < -0.4 is 0 Å². The van der Waals surface area contributed by atoms with Crippen molar-refractivity contribution < 1.29 is 0 Å². The maximum Gasteiger partial charge on any atom is -0.0219 e. The second-order valence-corrected chi connectivity index (χ2v) is 12.3. The molecule has 0 bridgehead atoms. The summed E-state index contributed by atoms with van der Waals surface area (Å²) in [4.78, 5) is 0. The highest BCUT2D eigenvalue weighted by Gasteiger charge is 2.02. The van der Waals surface area contributed by atoms with E-state index in [-0.39, 0.29) is 0 Å². The lowest BCUT2D eigenvalue weighted by Crippen LogP contribution is -1.91. The van der Waals surface area contributed by atoms with Gasteiger partial charge in [-0.1, -0.05) is 169 Å². The maximum atomic E-state index is 2.31. The third kappa shape index (κ3) is 16.2. The molecule has 0 atom stereocenters. The first kappa shape index (κ1) is 34.7. The Balaban J connectivity index is 0.000000494. The van der Waals surface area contributed by atoms with Crippen molar-refractivity contribution in [2.45, 2.75) is 120 Å². The molecule has 0 aliphatic carbocycles. The second kappa shape index (κ2) is 18.8. The maximum absolute atomic E-state index is 2.31. The Kier molecular flexibility index (Phi) is 17.6. The smallest absolute Gasteiger partial charge is 0.0219 e. The predicted octanol–water partition coefficient (Wildman–Crippen LogP) is 12.3. The minimum Gasteiger partial charge on any atom is -0.0630 e. The molecule has 37 heavy (non-hydrogen) atoms. The molecule has 0 spiro atoms. The summed E-state index contributed by atoms with van der Waals surface area (Å²) in [7, 11) is 0. The van der Waals surface area contributed by atoms with Gasteiger partial charge in [0, 0.05) is 0 Å². The van der Waals surface area contributed by atoms with E-state index in [0.29, 0.717) is 29.6 Å². The van der Waals surface area contributed by atoms with Crippen molar-refractivity contribution in [2.24, 2.45) is 5.92 Å². The first-order chi connectivity index (χ1) is 17.3. The SMILES string of the molecule is CC(C)C.CC(C)c1ccc(C(C)C)cc1.CC(C)c1cccc(C(C)C)c1.CC(C)c1ccccc1. The predicted molar refractivity (Wildman–Crippen MR) is 170 cm³/mol. The van der Waals surface area contributed by atoms with Gasteiger partial charge in [-0.05, 0) is 63.3 Å². The van der Waals surface area contributed by atoms with Crippen molar-refractivity contribution in [3.63, 3.8) is 0 Å². The number of rotatable bonds is 5. The molecule has 0 aliphatic heterocycles. The molecule has 0 aromatic heterocycles. The summed E-state index contributed by atoms with van der Waals surface area (Å²) in [6.07, 6.45) is 0. The van der Waals surface area contributed by atoms with Gasteiger partial charge in [-0.3, -0.25) is 0 Å². The van der Waals surface area contributed by atoms with Crippen molar-refractivity contribution in [2.75, 3.05) is 0 Å². The fraction of sp³-hybridized carbons (Fsp3) is 0.514. The average molecular weight is 503 g/mol. The monoisotopic (exact) mass is 502 g/mol. The molecule has 0 radical (unpaired) electrons. The van der Waals surface area contributed by atoms with Crippen LogP contribution in [0.3, 0.4) is 0 Å². The van der Waals surface area contributed by atoms with Gasteiger partial charge in [-0.15, -0.1) is 0 Å². The molecule has 0 heteroatoms. The van der Waals surface area contributed by atoms with E-state index in [4.69, 9.17) is 0 Å². The van der Waals surface area contributed by atoms with E-state index >= 15 is 0 Å². The Morgan fingerprint density at radius 3 is 0.784 bits per heavy atom. The van der Waals surface area contributed by atoms with Crippen LogP contribution in [0.2, 0.25) is 0 Å². The molecule has 0 N–H and O–H groups in total. The second-order valence-electron chi connectivity index (χ2n) is 12.3. The van der Waals surface area contributed by atoms with Crippen molar-refractivity contribution >= 4 is 0 Å². The molecule has 0 unspecified atom stereocenters. The molecule has 3 aromatic rings. The van der Waals surface area contributed by atoms with Crippen LogP contribution in [0.25, 0.3) is 0 Å². The Morgan fingerprint density at radius 2 is 0.541 bits per heavy atom. The van der Waals surface area contributed by atoms with Gasteiger partial charge in [0.2, 0.25) is 0 Å². The fourth-order valence-electron chi connectivity index (χ4n) is 3.38. The summed E-state index contributed by atoms with van der Waals surface area (Å²) in [5.74, 6) is 4.07. The zero-order valence-corrected chi connectivity index (χ0v) is 26.5. The Bertz CT molecular complexity index is 872. The topological polar surface area (TPSA) is 0 Å². The zero-order chi connectivity index (χ0) is 28.5. The lowest BCUT2D eigenvalue weighted by molar-refractivity contribution is 0.737. The molecule has 0 nitrogen and oxygen atoms in total. The van der Waals surface area contributed by atoms with Crippen LogP contribution in [0.5, 0.6) is 0 Å². The Labute approximate surface area is 231 Å². The van der Waals surface area contributed by atoms with Crippen LogP contribution in [0.1, 0.15) is 147 Å². The average Bonchev–Trinajstić information content (AvgIpc) is 2.85. The molecule has 206 valence electrons.